The van der Waals surface area contributed by atoms with Gasteiger partial charge in [0.15, 0.2) is 0 Å². The van der Waals surface area contributed by atoms with Crippen LogP contribution in [-0.4, -0.2) is 12.6 Å². The van der Waals surface area contributed by atoms with Crippen molar-refractivity contribution in [2.75, 3.05) is 6.61 Å². The molecule has 2 nitrogen and oxygen atoms in total. The Bertz CT molecular complexity index is 175. The molecule has 0 aromatic heterocycles. The van der Waals surface area contributed by atoms with Crippen LogP contribution in [0.15, 0.2) is 0 Å². The Balaban J connectivity index is 2.22. The summed E-state index contributed by atoms with van der Waals surface area (Å²) in [5, 5.41) is 0. The first-order valence-corrected chi connectivity index (χ1v) is 5.28. The number of hydrogen-bond donors (Lipinski definition) is 0. The number of carbonyl (C=O) groups excluding carboxylic acids is 1. The summed E-state index contributed by atoms with van der Waals surface area (Å²) in [7, 11) is 0. The fraction of sp³-hybridized carbons (Fsp3) is 0.909. The summed E-state index contributed by atoms with van der Waals surface area (Å²) in [6.45, 7) is 6.64. The molecule has 0 radical (unpaired) electrons. The Morgan fingerprint density at radius 2 is 2.15 bits per heavy atom. The van der Waals surface area contributed by atoms with E-state index in [1.807, 2.05) is 13.8 Å². The lowest BCUT2D eigenvalue weighted by molar-refractivity contribution is -0.149. The molecule has 76 valence electrons. The van der Waals surface area contributed by atoms with E-state index >= 15 is 0 Å². The van der Waals surface area contributed by atoms with Gasteiger partial charge in [0, 0.05) is 0 Å². The third-order valence-corrected chi connectivity index (χ3v) is 2.95. The SMILES string of the molecule is CC(C)C(=O)OC[C@@H]1CCC[C@H]1C. The highest BCUT2D eigenvalue weighted by molar-refractivity contribution is 5.71. The molecule has 1 fully saturated rings. The molecule has 0 spiro atoms. The molecule has 0 heterocycles. The molecular weight excluding hydrogens is 164 g/mol. The van der Waals surface area contributed by atoms with Gasteiger partial charge >= 0.3 is 5.97 Å². The Hall–Kier alpha value is -0.530. The first kappa shape index (κ1) is 10.6. The van der Waals surface area contributed by atoms with Crippen molar-refractivity contribution in [3.8, 4) is 0 Å². The predicted molar refractivity (Wildman–Crippen MR) is 52.3 cm³/mol. The smallest absolute Gasteiger partial charge is 0.308 e. The topological polar surface area (TPSA) is 26.3 Å². The third-order valence-electron chi connectivity index (χ3n) is 2.95. The molecule has 13 heavy (non-hydrogen) atoms. The van der Waals surface area contributed by atoms with Crippen LogP contribution in [0.3, 0.4) is 0 Å². The zero-order valence-electron chi connectivity index (χ0n) is 8.88. The van der Waals surface area contributed by atoms with E-state index in [2.05, 4.69) is 6.92 Å². The number of ether oxygens (including phenoxy) is 1. The van der Waals surface area contributed by atoms with Gasteiger partial charge in [-0.1, -0.05) is 33.6 Å². The summed E-state index contributed by atoms with van der Waals surface area (Å²) in [4.78, 5) is 11.2. The molecule has 0 saturated heterocycles. The number of hydrogen-bond acceptors (Lipinski definition) is 2. The highest BCUT2D eigenvalue weighted by atomic mass is 16.5. The molecular formula is C11H20O2. The minimum Gasteiger partial charge on any atom is -0.465 e. The van der Waals surface area contributed by atoms with E-state index in [1.165, 1.54) is 19.3 Å². The number of rotatable bonds is 3. The maximum absolute atomic E-state index is 11.2. The molecule has 1 aliphatic carbocycles. The number of carbonyl (C=O) groups is 1. The maximum Gasteiger partial charge on any atom is 0.308 e. The van der Waals surface area contributed by atoms with E-state index in [1.54, 1.807) is 0 Å². The molecule has 0 bridgehead atoms. The minimum atomic E-state index is -0.0564. The van der Waals surface area contributed by atoms with Gasteiger partial charge in [0.05, 0.1) is 12.5 Å². The second kappa shape index (κ2) is 4.64. The second-order valence-corrected chi connectivity index (χ2v) is 4.45. The summed E-state index contributed by atoms with van der Waals surface area (Å²) in [5.41, 5.74) is 0. The second-order valence-electron chi connectivity index (χ2n) is 4.45. The lowest BCUT2D eigenvalue weighted by Gasteiger charge is -2.15. The quantitative estimate of drug-likeness (QED) is 0.630. The van der Waals surface area contributed by atoms with E-state index in [-0.39, 0.29) is 11.9 Å². The predicted octanol–water partition coefficient (Wildman–Crippen LogP) is 2.62. The van der Waals surface area contributed by atoms with Crippen LogP contribution in [0.1, 0.15) is 40.0 Å². The molecule has 1 saturated carbocycles. The Labute approximate surface area is 80.7 Å². The summed E-state index contributed by atoms with van der Waals surface area (Å²) in [6, 6.07) is 0. The monoisotopic (exact) mass is 184 g/mol. The summed E-state index contributed by atoms with van der Waals surface area (Å²) in [5.74, 6) is 1.30. The molecule has 0 N–H and O–H groups in total. The Morgan fingerprint density at radius 3 is 2.62 bits per heavy atom. The van der Waals surface area contributed by atoms with Crippen molar-refractivity contribution in [1.29, 1.82) is 0 Å². The van der Waals surface area contributed by atoms with Gasteiger partial charge in [0.1, 0.15) is 0 Å². The molecule has 1 aliphatic rings. The zero-order chi connectivity index (χ0) is 9.84. The molecule has 0 aromatic rings. The average Bonchev–Trinajstić information content (AvgIpc) is 2.47. The van der Waals surface area contributed by atoms with E-state index in [0.29, 0.717) is 12.5 Å². The van der Waals surface area contributed by atoms with Crippen LogP contribution < -0.4 is 0 Å². The molecule has 0 aromatic carbocycles. The fourth-order valence-corrected chi connectivity index (χ4v) is 1.83. The van der Waals surface area contributed by atoms with Crippen molar-refractivity contribution in [3.63, 3.8) is 0 Å². The van der Waals surface area contributed by atoms with E-state index < -0.39 is 0 Å². The summed E-state index contributed by atoms with van der Waals surface area (Å²) in [6.07, 6.45) is 3.82. The van der Waals surface area contributed by atoms with Gasteiger partial charge in [-0.3, -0.25) is 4.79 Å². The van der Waals surface area contributed by atoms with Crippen LogP contribution in [0.5, 0.6) is 0 Å². The van der Waals surface area contributed by atoms with Crippen LogP contribution in [0.2, 0.25) is 0 Å². The molecule has 1 rings (SSSR count). The van der Waals surface area contributed by atoms with E-state index in [9.17, 15) is 4.79 Å². The van der Waals surface area contributed by atoms with Crippen LogP contribution in [-0.2, 0) is 9.53 Å². The lowest BCUT2D eigenvalue weighted by Crippen LogP contribution is -2.19. The zero-order valence-corrected chi connectivity index (χ0v) is 8.88. The van der Waals surface area contributed by atoms with Crippen LogP contribution in [0, 0.1) is 17.8 Å². The molecule has 0 amide bonds. The molecule has 0 unspecified atom stereocenters. The van der Waals surface area contributed by atoms with Gasteiger partial charge in [-0.2, -0.15) is 0 Å². The van der Waals surface area contributed by atoms with Gasteiger partial charge < -0.3 is 4.74 Å². The van der Waals surface area contributed by atoms with Crippen molar-refractivity contribution >= 4 is 5.97 Å². The van der Waals surface area contributed by atoms with E-state index in [0.717, 1.165) is 5.92 Å². The van der Waals surface area contributed by atoms with Crippen molar-refractivity contribution in [1.82, 2.24) is 0 Å². The molecule has 2 atom stereocenters. The van der Waals surface area contributed by atoms with Crippen molar-refractivity contribution < 1.29 is 9.53 Å². The number of esters is 1. The minimum absolute atomic E-state index is 0.0108. The third kappa shape index (κ3) is 3.02. The van der Waals surface area contributed by atoms with Crippen molar-refractivity contribution in [2.45, 2.75) is 40.0 Å². The maximum atomic E-state index is 11.2. The van der Waals surface area contributed by atoms with E-state index in [4.69, 9.17) is 4.74 Å². The molecule has 2 heteroatoms. The van der Waals surface area contributed by atoms with Crippen molar-refractivity contribution in [3.05, 3.63) is 0 Å². The Morgan fingerprint density at radius 1 is 1.46 bits per heavy atom. The normalized spacial score (nSPS) is 28.0. The van der Waals surface area contributed by atoms with Crippen molar-refractivity contribution in [2.24, 2.45) is 17.8 Å². The largest absolute Gasteiger partial charge is 0.465 e. The van der Waals surface area contributed by atoms with Crippen LogP contribution in [0.4, 0.5) is 0 Å². The first-order valence-electron chi connectivity index (χ1n) is 5.28. The Kier molecular flexibility index (Phi) is 3.76. The van der Waals surface area contributed by atoms with Gasteiger partial charge in [-0.15, -0.1) is 0 Å². The first-order chi connectivity index (χ1) is 6.11. The van der Waals surface area contributed by atoms with Gasteiger partial charge in [0.25, 0.3) is 0 Å². The highest BCUT2D eigenvalue weighted by Gasteiger charge is 2.24. The highest BCUT2D eigenvalue weighted by Crippen LogP contribution is 2.31. The lowest BCUT2D eigenvalue weighted by atomic mass is 9.99. The summed E-state index contributed by atoms with van der Waals surface area (Å²) < 4.78 is 5.22. The fourth-order valence-electron chi connectivity index (χ4n) is 1.83. The van der Waals surface area contributed by atoms with Gasteiger partial charge in [-0.05, 0) is 18.3 Å². The van der Waals surface area contributed by atoms with Gasteiger partial charge in [-0.25, -0.2) is 0 Å². The standard InChI is InChI=1S/C11H20O2/c1-8(2)11(12)13-7-10-6-4-5-9(10)3/h8-10H,4-7H2,1-3H3/t9-,10+/m1/s1. The molecule has 0 aliphatic heterocycles. The van der Waals surface area contributed by atoms with Crippen LogP contribution in [0.25, 0.3) is 0 Å². The average molecular weight is 184 g/mol. The summed E-state index contributed by atoms with van der Waals surface area (Å²) >= 11 is 0. The van der Waals surface area contributed by atoms with Gasteiger partial charge in [0.2, 0.25) is 0 Å². The van der Waals surface area contributed by atoms with Crippen LogP contribution >= 0.6 is 0 Å².